The van der Waals surface area contributed by atoms with Crippen molar-refractivity contribution in [2.24, 2.45) is 0 Å². The summed E-state index contributed by atoms with van der Waals surface area (Å²) in [5.41, 5.74) is 0. The van der Waals surface area contributed by atoms with Gasteiger partial charge in [0.05, 0.1) is 6.20 Å². The Bertz CT molecular complexity index is 338. The number of hydrogen-bond acceptors (Lipinski definition) is 5. The van der Waals surface area contributed by atoms with Crippen LogP contribution < -0.4 is 4.90 Å². The molecule has 0 atom stereocenters. The van der Waals surface area contributed by atoms with Crippen molar-refractivity contribution in [3.05, 3.63) is 18.6 Å². The van der Waals surface area contributed by atoms with E-state index in [1.807, 2.05) is 0 Å². The zero-order valence-corrected chi connectivity index (χ0v) is 7.70. The minimum atomic E-state index is -1.12. The standard InChI is InChI=1S/C8H9N3O4/c12-7(13)4-11(5-8(14)15)6-3-9-1-2-10-6/h1-3H,4-5H2,(H,12,13)(H,14,15). The largest absolute Gasteiger partial charge is 0.480 e. The lowest BCUT2D eigenvalue weighted by Crippen LogP contribution is -2.35. The lowest BCUT2D eigenvalue weighted by molar-refractivity contribution is -0.136. The van der Waals surface area contributed by atoms with Gasteiger partial charge in [0, 0.05) is 12.4 Å². The van der Waals surface area contributed by atoms with Crippen LogP contribution in [-0.4, -0.2) is 45.2 Å². The fourth-order valence-electron chi connectivity index (χ4n) is 0.999. The molecule has 7 heteroatoms. The van der Waals surface area contributed by atoms with Gasteiger partial charge in [-0.2, -0.15) is 0 Å². The Morgan fingerprint density at radius 1 is 1.20 bits per heavy atom. The van der Waals surface area contributed by atoms with Gasteiger partial charge in [-0.15, -0.1) is 0 Å². The highest BCUT2D eigenvalue weighted by atomic mass is 16.4. The molecule has 15 heavy (non-hydrogen) atoms. The lowest BCUT2D eigenvalue weighted by Gasteiger charge is -2.18. The molecule has 0 aliphatic heterocycles. The second-order valence-corrected chi connectivity index (χ2v) is 2.71. The summed E-state index contributed by atoms with van der Waals surface area (Å²) < 4.78 is 0. The molecular weight excluding hydrogens is 202 g/mol. The number of carboxylic acids is 2. The summed E-state index contributed by atoms with van der Waals surface area (Å²) in [6, 6.07) is 0. The second-order valence-electron chi connectivity index (χ2n) is 2.71. The molecule has 0 bridgehead atoms. The van der Waals surface area contributed by atoms with Gasteiger partial charge in [-0.1, -0.05) is 0 Å². The molecule has 0 saturated carbocycles. The maximum atomic E-state index is 10.5. The minimum absolute atomic E-state index is 0.224. The van der Waals surface area contributed by atoms with Gasteiger partial charge in [-0.3, -0.25) is 14.6 Å². The van der Waals surface area contributed by atoms with Crippen molar-refractivity contribution in [1.82, 2.24) is 9.97 Å². The molecular formula is C8H9N3O4. The Morgan fingerprint density at radius 3 is 2.20 bits per heavy atom. The molecule has 0 amide bonds. The van der Waals surface area contributed by atoms with Crippen LogP contribution in [0.4, 0.5) is 5.82 Å². The van der Waals surface area contributed by atoms with Crippen LogP contribution in [0, 0.1) is 0 Å². The zero-order chi connectivity index (χ0) is 11.3. The van der Waals surface area contributed by atoms with Crippen LogP contribution >= 0.6 is 0 Å². The molecule has 0 saturated heterocycles. The Hall–Kier alpha value is -2.18. The number of aliphatic carboxylic acids is 2. The first-order valence-electron chi connectivity index (χ1n) is 4.04. The first-order chi connectivity index (χ1) is 7.09. The number of aromatic nitrogens is 2. The van der Waals surface area contributed by atoms with E-state index in [0.29, 0.717) is 0 Å². The fourth-order valence-corrected chi connectivity index (χ4v) is 0.999. The summed E-state index contributed by atoms with van der Waals surface area (Å²) in [6.45, 7) is -0.851. The molecule has 0 unspecified atom stereocenters. The Kier molecular flexibility index (Phi) is 3.55. The highest BCUT2D eigenvalue weighted by molar-refractivity contribution is 5.78. The van der Waals surface area contributed by atoms with Crippen LogP contribution in [-0.2, 0) is 9.59 Å². The maximum Gasteiger partial charge on any atom is 0.323 e. The van der Waals surface area contributed by atoms with Gasteiger partial charge in [0.1, 0.15) is 18.9 Å². The lowest BCUT2D eigenvalue weighted by atomic mass is 10.4. The predicted molar refractivity (Wildman–Crippen MR) is 49.5 cm³/mol. The van der Waals surface area contributed by atoms with Crippen LogP contribution in [0.1, 0.15) is 0 Å². The van der Waals surface area contributed by atoms with Crippen LogP contribution in [0.25, 0.3) is 0 Å². The number of hydrogen-bond donors (Lipinski definition) is 2. The van der Waals surface area contributed by atoms with Crippen LogP contribution in [0.3, 0.4) is 0 Å². The molecule has 7 nitrogen and oxygen atoms in total. The van der Waals surface area contributed by atoms with E-state index in [1.165, 1.54) is 18.6 Å². The van der Waals surface area contributed by atoms with E-state index in [4.69, 9.17) is 10.2 Å². The molecule has 0 aromatic carbocycles. The molecule has 0 aliphatic carbocycles. The molecule has 1 heterocycles. The van der Waals surface area contributed by atoms with Gasteiger partial charge in [-0.05, 0) is 0 Å². The maximum absolute atomic E-state index is 10.5. The van der Waals surface area contributed by atoms with E-state index in [0.717, 1.165) is 4.90 Å². The molecule has 0 spiro atoms. The smallest absolute Gasteiger partial charge is 0.323 e. The summed E-state index contributed by atoms with van der Waals surface area (Å²) >= 11 is 0. The molecule has 1 aromatic heterocycles. The number of anilines is 1. The highest BCUT2D eigenvalue weighted by Gasteiger charge is 2.14. The van der Waals surface area contributed by atoms with Gasteiger partial charge in [0.2, 0.25) is 0 Å². The monoisotopic (exact) mass is 211 g/mol. The van der Waals surface area contributed by atoms with Crippen molar-refractivity contribution in [1.29, 1.82) is 0 Å². The summed E-state index contributed by atoms with van der Waals surface area (Å²) in [5.74, 6) is -2.02. The van der Waals surface area contributed by atoms with Crippen LogP contribution in [0.15, 0.2) is 18.6 Å². The van der Waals surface area contributed by atoms with Crippen molar-refractivity contribution in [2.75, 3.05) is 18.0 Å². The van der Waals surface area contributed by atoms with Crippen molar-refractivity contribution >= 4 is 17.8 Å². The van der Waals surface area contributed by atoms with Crippen molar-refractivity contribution in [3.63, 3.8) is 0 Å². The molecule has 80 valence electrons. The first kappa shape index (κ1) is 10.9. The fraction of sp³-hybridized carbons (Fsp3) is 0.250. The summed E-state index contributed by atoms with van der Waals surface area (Å²) in [7, 11) is 0. The highest BCUT2D eigenvalue weighted by Crippen LogP contribution is 2.06. The van der Waals surface area contributed by atoms with E-state index < -0.39 is 25.0 Å². The van der Waals surface area contributed by atoms with E-state index in [-0.39, 0.29) is 5.82 Å². The normalized spacial score (nSPS) is 9.60. The Labute approximate surface area is 85.0 Å². The predicted octanol–water partition coefficient (Wildman–Crippen LogP) is -0.548. The Balaban J connectivity index is 2.81. The van der Waals surface area contributed by atoms with E-state index >= 15 is 0 Å². The molecule has 0 fully saturated rings. The van der Waals surface area contributed by atoms with E-state index in [2.05, 4.69) is 9.97 Å². The van der Waals surface area contributed by atoms with Gasteiger partial charge >= 0.3 is 11.9 Å². The molecule has 1 aromatic rings. The topological polar surface area (TPSA) is 104 Å². The molecule has 1 rings (SSSR count). The van der Waals surface area contributed by atoms with Crippen LogP contribution in [0.2, 0.25) is 0 Å². The summed E-state index contributed by atoms with van der Waals surface area (Å²) in [6.07, 6.45) is 4.10. The van der Waals surface area contributed by atoms with E-state index in [1.54, 1.807) is 0 Å². The van der Waals surface area contributed by atoms with Crippen molar-refractivity contribution in [2.45, 2.75) is 0 Å². The van der Waals surface area contributed by atoms with Crippen molar-refractivity contribution < 1.29 is 19.8 Å². The summed E-state index contributed by atoms with van der Waals surface area (Å²) in [5, 5.41) is 17.2. The van der Waals surface area contributed by atoms with E-state index in [9.17, 15) is 9.59 Å². The molecule has 0 radical (unpaired) electrons. The second kappa shape index (κ2) is 4.89. The average Bonchev–Trinajstić information content (AvgIpc) is 2.17. The van der Waals surface area contributed by atoms with Gasteiger partial charge in [0.25, 0.3) is 0 Å². The van der Waals surface area contributed by atoms with Gasteiger partial charge in [0.15, 0.2) is 0 Å². The third-order valence-corrected chi connectivity index (χ3v) is 1.53. The molecule has 2 N–H and O–H groups in total. The minimum Gasteiger partial charge on any atom is -0.480 e. The van der Waals surface area contributed by atoms with Crippen LogP contribution in [0.5, 0.6) is 0 Å². The third kappa shape index (κ3) is 3.59. The quantitative estimate of drug-likeness (QED) is 0.673. The summed E-state index contributed by atoms with van der Waals surface area (Å²) in [4.78, 5) is 29.6. The number of carbonyl (C=O) groups is 2. The number of rotatable bonds is 5. The number of carboxylic acid groups (broad SMARTS) is 2. The molecule has 0 aliphatic rings. The van der Waals surface area contributed by atoms with Gasteiger partial charge in [-0.25, -0.2) is 4.98 Å². The Morgan fingerprint density at radius 2 is 1.80 bits per heavy atom. The zero-order valence-electron chi connectivity index (χ0n) is 7.70. The van der Waals surface area contributed by atoms with Crippen molar-refractivity contribution in [3.8, 4) is 0 Å². The third-order valence-electron chi connectivity index (χ3n) is 1.53. The first-order valence-corrected chi connectivity index (χ1v) is 4.04. The SMILES string of the molecule is O=C(O)CN(CC(=O)O)c1cnccn1. The average molecular weight is 211 g/mol. The number of nitrogens with zero attached hydrogens (tertiary/aromatic N) is 3. The van der Waals surface area contributed by atoms with Gasteiger partial charge < -0.3 is 15.1 Å².